The van der Waals surface area contributed by atoms with Crippen LogP contribution in [0.2, 0.25) is 0 Å². The Bertz CT molecular complexity index is 532. The molecule has 0 aliphatic rings. The molecule has 0 aliphatic carbocycles. The van der Waals surface area contributed by atoms with Crippen LogP contribution in [0.15, 0.2) is 18.2 Å². The second-order valence-electron chi connectivity index (χ2n) is 4.16. The average molecular weight is 283 g/mol. The molecule has 1 N–H and O–H groups in total. The number of rotatable bonds is 5. The standard InChI is InChI=1S/C13H15F2N3S/c1-3-11(16-2)13-18-17-12(19-13)7-8-9(14)5-4-6-10(8)15/h4-6,11,16H,3,7H2,1-2H3. The molecule has 0 saturated heterocycles. The van der Waals surface area contributed by atoms with E-state index in [0.717, 1.165) is 11.4 Å². The molecule has 0 aliphatic heterocycles. The summed E-state index contributed by atoms with van der Waals surface area (Å²) < 4.78 is 27.1. The normalized spacial score (nSPS) is 12.6. The van der Waals surface area contributed by atoms with Gasteiger partial charge in [0.25, 0.3) is 0 Å². The maximum Gasteiger partial charge on any atom is 0.134 e. The van der Waals surface area contributed by atoms with Crippen molar-refractivity contribution >= 4 is 11.3 Å². The summed E-state index contributed by atoms with van der Waals surface area (Å²) in [5, 5.41) is 12.7. The van der Waals surface area contributed by atoms with Gasteiger partial charge in [0, 0.05) is 12.0 Å². The van der Waals surface area contributed by atoms with Crippen LogP contribution in [0.1, 0.15) is 35.0 Å². The third-order valence-corrected chi connectivity index (χ3v) is 3.96. The highest BCUT2D eigenvalue weighted by Gasteiger charge is 2.16. The molecule has 0 spiro atoms. The molecule has 6 heteroatoms. The zero-order valence-corrected chi connectivity index (χ0v) is 11.6. The molecule has 1 unspecified atom stereocenters. The first kappa shape index (κ1) is 14.0. The quantitative estimate of drug-likeness (QED) is 0.916. The van der Waals surface area contributed by atoms with Gasteiger partial charge in [0.05, 0.1) is 6.04 Å². The van der Waals surface area contributed by atoms with Crippen LogP contribution in [-0.2, 0) is 6.42 Å². The Balaban J connectivity index is 2.20. The first-order chi connectivity index (χ1) is 9.15. The van der Waals surface area contributed by atoms with Crippen LogP contribution in [0.5, 0.6) is 0 Å². The molecule has 0 fully saturated rings. The van der Waals surface area contributed by atoms with Crippen molar-refractivity contribution in [3.8, 4) is 0 Å². The second-order valence-corrected chi connectivity index (χ2v) is 5.25. The highest BCUT2D eigenvalue weighted by atomic mass is 32.1. The Morgan fingerprint density at radius 2 is 1.95 bits per heavy atom. The largest absolute Gasteiger partial charge is 0.311 e. The van der Waals surface area contributed by atoms with Gasteiger partial charge in [-0.3, -0.25) is 0 Å². The molecule has 19 heavy (non-hydrogen) atoms. The van der Waals surface area contributed by atoms with Crippen molar-refractivity contribution in [3.63, 3.8) is 0 Å². The average Bonchev–Trinajstić information content (AvgIpc) is 2.84. The van der Waals surface area contributed by atoms with Gasteiger partial charge in [-0.05, 0) is 25.6 Å². The summed E-state index contributed by atoms with van der Waals surface area (Å²) in [4.78, 5) is 0. The van der Waals surface area contributed by atoms with Crippen molar-refractivity contribution in [3.05, 3.63) is 45.4 Å². The fourth-order valence-electron chi connectivity index (χ4n) is 1.83. The second kappa shape index (κ2) is 6.16. The zero-order valence-electron chi connectivity index (χ0n) is 10.8. The molecule has 1 aromatic carbocycles. The lowest BCUT2D eigenvalue weighted by Crippen LogP contribution is -2.14. The zero-order chi connectivity index (χ0) is 13.8. The summed E-state index contributed by atoms with van der Waals surface area (Å²) in [6, 6.07) is 4.00. The van der Waals surface area contributed by atoms with Crippen LogP contribution >= 0.6 is 11.3 Å². The SMILES string of the molecule is CCC(NC)c1nnc(Cc2c(F)cccc2F)s1. The number of aromatic nitrogens is 2. The third kappa shape index (κ3) is 3.13. The number of nitrogens with one attached hydrogen (secondary N) is 1. The first-order valence-corrected chi connectivity index (χ1v) is 6.89. The Morgan fingerprint density at radius 1 is 1.26 bits per heavy atom. The molecule has 1 aromatic heterocycles. The fraction of sp³-hybridized carbons (Fsp3) is 0.385. The molecule has 0 bridgehead atoms. The highest BCUT2D eigenvalue weighted by molar-refractivity contribution is 7.11. The minimum atomic E-state index is -0.544. The molecule has 0 radical (unpaired) electrons. The van der Waals surface area contributed by atoms with E-state index < -0.39 is 11.6 Å². The molecular weight excluding hydrogens is 268 g/mol. The lowest BCUT2D eigenvalue weighted by atomic mass is 10.1. The number of halogens is 2. The van der Waals surface area contributed by atoms with Crippen LogP contribution in [0.4, 0.5) is 8.78 Å². The predicted octanol–water partition coefficient (Wildman–Crippen LogP) is 3.08. The van der Waals surface area contributed by atoms with Crippen LogP contribution in [0.25, 0.3) is 0 Å². The minimum Gasteiger partial charge on any atom is -0.311 e. The van der Waals surface area contributed by atoms with Crippen molar-refractivity contribution < 1.29 is 8.78 Å². The molecule has 1 heterocycles. The minimum absolute atomic E-state index is 0.0442. The van der Waals surface area contributed by atoms with E-state index >= 15 is 0 Å². The molecule has 2 aromatic rings. The van der Waals surface area contributed by atoms with E-state index in [-0.39, 0.29) is 18.0 Å². The predicted molar refractivity (Wildman–Crippen MR) is 71.2 cm³/mol. The van der Waals surface area contributed by atoms with Gasteiger partial charge in [-0.15, -0.1) is 10.2 Å². The summed E-state index contributed by atoms with van der Waals surface area (Å²) in [5.41, 5.74) is 0.0442. The van der Waals surface area contributed by atoms with Gasteiger partial charge in [-0.2, -0.15) is 0 Å². The van der Waals surface area contributed by atoms with Crippen LogP contribution in [0, 0.1) is 11.6 Å². The number of hydrogen-bond donors (Lipinski definition) is 1. The van der Waals surface area contributed by atoms with Gasteiger partial charge in [0.15, 0.2) is 0 Å². The van der Waals surface area contributed by atoms with Crippen molar-refractivity contribution in [2.24, 2.45) is 0 Å². The molecular formula is C13H15F2N3S. The van der Waals surface area contributed by atoms with E-state index in [1.807, 2.05) is 14.0 Å². The molecule has 1 atom stereocenters. The smallest absolute Gasteiger partial charge is 0.134 e. The maximum atomic E-state index is 13.5. The van der Waals surface area contributed by atoms with Gasteiger partial charge in [-0.1, -0.05) is 24.3 Å². The van der Waals surface area contributed by atoms with Crippen LogP contribution < -0.4 is 5.32 Å². The molecule has 2 rings (SSSR count). The van der Waals surface area contributed by atoms with E-state index in [1.165, 1.54) is 29.5 Å². The highest BCUT2D eigenvalue weighted by Crippen LogP contribution is 2.23. The van der Waals surface area contributed by atoms with Gasteiger partial charge >= 0.3 is 0 Å². The van der Waals surface area contributed by atoms with E-state index in [1.54, 1.807) is 0 Å². The van der Waals surface area contributed by atoms with Crippen molar-refractivity contribution in [2.75, 3.05) is 7.05 Å². The van der Waals surface area contributed by atoms with Gasteiger partial charge in [0.1, 0.15) is 21.6 Å². The Kier molecular flexibility index (Phi) is 4.55. The topological polar surface area (TPSA) is 37.8 Å². The van der Waals surface area contributed by atoms with Crippen molar-refractivity contribution in [1.82, 2.24) is 15.5 Å². The van der Waals surface area contributed by atoms with E-state index in [4.69, 9.17) is 0 Å². The van der Waals surface area contributed by atoms with Crippen molar-refractivity contribution in [1.29, 1.82) is 0 Å². The summed E-state index contributed by atoms with van der Waals surface area (Å²) in [6.07, 6.45) is 1.02. The van der Waals surface area contributed by atoms with Crippen molar-refractivity contribution in [2.45, 2.75) is 25.8 Å². The molecule has 0 amide bonds. The van der Waals surface area contributed by atoms with E-state index in [9.17, 15) is 8.78 Å². The Morgan fingerprint density at radius 3 is 2.53 bits per heavy atom. The Hall–Kier alpha value is -1.40. The van der Waals surface area contributed by atoms with Crippen LogP contribution in [-0.4, -0.2) is 17.2 Å². The van der Waals surface area contributed by atoms with Gasteiger partial charge < -0.3 is 5.32 Å². The number of benzene rings is 1. The van der Waals surface area contributed by atoms with E-state index in [0.29, 0.717) is 5.01 Å². The Labute approximate surface area is 114 Å². The third-order valence-electron chi connectivity index (χ3n) is 2.93. The first-order valence-electron chi connectivity index (χ1n) is 6.08. The summed E-state index contributed by atoms with van der Waals surface area (Å²) in [7, 11) is 1.85. The summed E-state index contributed by atoms with van der Waals surface area (Å²) in [6.45, 7) is 2.04. The van der Waals surface area contributed by atoms with Gasteiger partial charge in [-0.25, -0.2) is 8.78 Å². The fourth-order valence-corrected chi connectivity index (χ4v) is 2.88. The lowest BCUT2D eigenvalue weighted by molar-refractivity contribution is 0.560. The summed E-state index contributed by atoms with van der Waals surface area (Å²) >= 11 is 1.38. The van der Waals surface area contributed by atoms with E-state index in [2.05, 4.69) is 15.5 Å². The van der Waals surface area contributed by atoms with Gasteiger partial charge in [0.2, 0.25) is 0 Å². The molecule has 102 valence electrons. The maximum absolute atomic E-state index is 13.5. The monoisotopic (exact) mass is 283 g/mol. The molecule has 0 saturated carbocycles. The number of nitrogens with zero attached hydrogens (tertiary/aromatic N) is 2. The van der Waals surface area contributed by atoms with Crippen LogP contribution in [0.3, 0.4) is 0 Å². The molecule has 3 nitrogen and oxygen atoms in total. The lowest BCUT2D eigenvalue weighted by Gasteiger charge is -2.08. The summed E-state index contributed by atoms with van der Waals surface area (Å²) in [5.74, 6) is -1.09. The number of hydrogen-bond acceptors (Lipinski definition) is 4.